The van der Waals surface area contributed by atoms with Crippen molar-refractivity contribution >= 4 is 33.0 Å². The number of alkyl halides is 3. The molecule has 1 heterocycles. The van der Waals surface area contributed by atoms with Gasteiger partial charge in [0.15, 0.2) is 6.61 Å². The Kier molecular flexibility index (Phi) is 4.49. The maximum atomic E-state index is 12.5. The Morgan fingerprint density at radius 1 is 1.30 bits per heavy atom. The van der Waals surface area contributed by atoms with Gasteiger partial charge in [-0.05, 0) is 45.6 Å². The van der Waals surface area contributed by atoms with Crippen molar-refractivity contribution in [2.24, 2.45) is 0 Å². The third-order valence-electron chi connectivity index (χ3n) is 2.40. The average Bonchev–Trinajstić information content (AvgIpc) is 2.82. The zero-order valence-electron chi connectivity index (χ0n) is 9.91. The lowest BCUT2D eigenvalue weighted by Crippen LogP contribution is -2.11. The molecule has 0 N–H and O–H groups in total. The Balaban J connectivity index is 2.05. The van der Waals surface area contributed by atoms with Gasteiger partial charge in [0.25, 0.3) is 0 Å². The number of carbonyl (C=O) groups is 1. The fourth-order valence-electron chi connectivity index (χ4n) is 1.47. The first-order chi connectivity index (χ1) is 9.38. The first kappa shape index (κ1) is 15.1. The topological polar surface area (TPSA) is 26.3 Å². The molecule has 7 heteroatoms. The van der Waals surface area contributed by atoms with Crippen LogP contribution in [0.4, 0.5) is 13.2 Å². The van der Waals surface area contributed by atoms with Gasteiger partial charge in [0.1, 0.15) is 5.75 Å². The molecule has 2 rings (SSSR count). The normalized spacial score (nSPS) is 11.4. The number of rotatable bonds is 4. The van der Waals surface area contributed by atoms with E-state index in [1.807, 2.05) is 0 Å². The molecular formula is C13H8BrF3O2S. The number of hydrogen-bond acceptors (Lipinski definition) is 3. The third-order valence-corrected chi connectivity index (χ3v) is 4.28. The number of Topliss-reactive ketones (excluding diaryl/α,β-unsaturated/α-hetero) is 1. The van der Waals surface area contributed by atoms with E-state index in [1.54, 1.807) is 11.4 Å². The Morgan fingerprint density at radius 3 is 2.65 bits per heavy atom. The molecule has 0 fully saturated rings. The summed E-state index contributed by atoms with van der Waals surface area (Å²) in [4.78, 5) is 12.3. The van der Waals surface area contributed by atoms with Crippen LogP contribution < -0.4 is 4.74 Å². The van der Waals surface area contributed by atoms with Crippen molar-refractivity contribution < 1.29 is 22.7 Å². The molecule has 0 unspecified atom stereocenters. The zero-order valence-corrected chi connectivity index (χ0v) is 12.3. The van der Waals surface area contributed by atoms with Gasteiger partial charge in [-0.15, -0.1) is 11.3 Å². The molecule has 0 bridgehead atoms. The quantitative estimate of drug-likeness (QED) is 0.729. The number of ketones is 1. The third kappa shape index (κ3) is 3.61. The minimum Gasteiger partial charge on any atom is -0.485 e. The zero-order chi connectivity index (χ0) is 14.8. The summed E-state index contributed by atoms with van der Waals surface area (Å²) in [6.45, 7) is -0.305. The summed E-state index contributed by atoms with van der Waals surface area (Å²) >= 11 is 4.46. The van der Waals surface area contributed by atoms with Crippen LogP contribution in [0.25, 0.3) is 0 Å². The number of halogens is 4. The second-order valence-electron chi connectivity index (χ2n) is 3.84. The van der Waals surface area contributed by atoms with Crippen LogP contribution in [0.2, 0.25) is 0 Å². The second-order valence-corrected chi connectivity index (χ2v) is 5.61. The summed E-state index contributed by atoms with van der Waals surface area (Å²) in [6.07, 6.45) is -4.43. The smallest absolute Gasteiger partial charge is 0.416 e. The maximum absolute atomic E-state index is 12.5. The van der Waals surface area contributed by atoms with Gasteiger partial charge >= 0.3 is 6.18 Å². The molecule has 0 aliphatic carbocycles. The number of hydrogen-bond donors (Lipinski definition) is 0. The highest BCUT2D eigenvalue weighted by Gasteiger charge is 2.30. The predicted molar refractivity (Wildman–Crippen MR) is 73.3 cm³/mol. The van der Waals surface area contributed by atoms with Gasteiger partial charge in [-0.2, -0.15) is 13.2 Å². The molecule has 1 aromatic carbocycles. The molecule has 106 valence electrons. The van der Waals surface area contributed by atoms with Crippen LogP contribution in [-0.2, 0) is 6.18 Å². The average molecular weight is 365 g/mol. The number of benzene rings is 1. The minimum absolute atomic E-state index is 0.0147. The van der Waals surface area contributed by atoms with Gasteiger partial charge in [-0.3, -0.25) is 4.79 Å². The van der Waals surface area contributed by atoms with Crippen molar-refractivity contribution in [3.05, 3.63) is 50.6 Å². The molecule has 0 spiro atoms. The number of thiophene rings is 1. The van der Waals surface area contributed by atoms with E-state index < -0.39 is 11.7 Å². The Bertz CT molecular complexity index is 622. The van der Waals surface area contributed by atoms with E-state index in [-0.39, 0.29) is 18.1 Å². The van der Waals surface area contributed by atoms with Crippen molar-refractivity contribution in [1.29, 1.82) is 0 Å². The van der Waals surface area contributed by atoms with Gasteiger partial charge in [-0.25, -0.2) is 0 Å². The van der Waals surface area contributed by atoms with Crippen LogP contribution in [0.3, 0.4) is 0 Å². The summed E-state index contributed by atoms with van der Waals surface area (Å²) < 4.78 is 43.3. The van der Waals surface area contributed by atoms with E-state index in [0.29, 0.717) is 9.35 Å². The molecule has 2 aromatic rings. The largest absolute Gasteiger partial charge is 0.485 e. The summed E-state index contributed by atoms with van der Waals surface area (Å²) in [5.74, 6) is -0.273. The number of carbonyl (C=O) groups excluding carboxylic acids is 1. The first-order valence-corrected chi connectivity index (χ1v) is 7.11. The molecule has 0 saturated carbocycles. The van der Waals surface area contributed by atoms with Gasteiger partial charge in [0.05, 0.1) is 10.4 Å². The molecule has 2 nitrogen and oxygen atoms in total. The van der Waals surface area contributed by atoms with Crippen molar-refractivity contribution in [3.63, 3.8) is 0 Å². The SMILES string of the molecule is O=C(COc1cccc(C(F)(F)F)c1)c1sccc1Br. The Morgan fingerprint density at radius 2 is 2.05 bits per heavy atom. The molecule has 20 heavy (non-hydrogen) atoms. The fraction of sp³-hybridized carbons (Fsp3) is 0.154. The molecule has 0 saturated heterocycles. The second kappa shape index (κ2) is 5.97. The Hall–Kier alpha value is -1.34. The lowest BCUT2D eigenvalue weighted by molar-refractivity contribution is -0.137. The molecule has 0 atom stereocenters. The monoisotopic (exact) mass is 364 g/mol. The fourth-order valence-corrected chi connectivity index (χ4v) is 2.99. The van der Waals surface area contributed by atoms with E-state index in [2.05, 4.69) is 15.9 Å². The van der Waals surface area contributed by atoms with E-state index in [9.17, 15) is 18.0 Å². The van der Waals surface area contributed by atoms with Crippen molar-refractivity contribution in [2.45, 2.75) is 6.18 Å². The minimum atomic E-state index is -4.43. The summed E-state index contributed by atoms with van der Waals surface area (Å²) in [7, 11) is 0. The van der Waals surface area contributed by atoms with Crippen molar-refractivity contribution in [1.82, 2.24) is 0 Å². The maximum Gasteiger partial charge on any atom is 0.416 e. The highest BCUT2D eigenvalue weighted by Crippen LogP contribution is 2.31. The highest BCUT2D eigenvalue weighted by atomic mass is 79.9. The lowest BCUT2D eigenvalue weighted by Gasteiger charge is -2.09. The van der Waals surface area contributed by atoms with Crippen LogP contribution >= 0.6 is 27.3 Å². The number of ether oxygens (including phenoxy) is 1. The van der Waals surface area contributed by atoms with Crippen LogP contribution in [0, 0.1) is 0 Å². The van der Waals surface area contributed by atoms with Gasteiger partial charge in [0, 0.05) is 4.47 Å². The van der Waals surface area contributed by atoms with Gasteiger partial charge in [0.2, 0.25) is 5.78 Å². The summed E-state index contributed by atoms with van der Waals surface area (Å²) in [5, 5.41) is 1.74. The van der Waals surface area contributed by atoms with Gasteiger partial charge < -0.3 is 4.74 Å². The first-order valence-electron chi connectivity index (χ1n) is 5.44. The molecule has 0 amide bonds. The van der Waals surface area contributed by atoms with E-state index in [4.69, 9.17) is 4.74 Å². The molecule has 1 aromatic heterocycles. The predicted octanol–water partition coefficient (Wildman–Crippen LogP) is 4.79. The lowest BCUT2D eigenvalue weighted by atomic mass is 10.2. The van der Waals surface area contributed by atoms with Gasteiger partial charge in [-0.1, -0.05) is 6.07 Å². The van der Waals surface area contributed by atoms with Crippen molar-refractivity contribution in [3.8, 4) is 5.75 Å². The Labute approximate surface area is 125 Å². The van der Waals surface area contributed by atoms with E-state index >= 15 is 0 Å². The molecular weight excluding hydrogens is 357 g/mol. The highest BCUT2D eigenvalue weighted by molar-refractivity contribution is 9.10. The van der Waals surface area contributed by atoms with E-state index in [1.165, 1.54) is 23.5 Å². The van der Waals surface area contributed by atoms with Crippen LogP contribution in [0.1, 0.15) is 15.2 Å². The summed E-state index contributed by atoms with van der Waals surface area (Å²) in [5.41, 5.74) is -0.806. The molecule has 0 aliphatic heterocycles. The standard InChI is InChI=1S/C13H8BrF3O2S/c14-10-4-5-20-12(10)11(18)7-19-9-3-1-2-8(6-9)13(15,16)17/h1-6H,7H2. The van der Waals surface area contributed by atoms with E-state index in [0.717, 1.165) is 12.1 Å². The van der Waals surface area contributed by atoms with Crippen molar-refractivity contribution in [2.75, 3.05) is 6.61 Å². The molecule has 0 radical (unpaired) electrons. The van der Waals surface area contributed by atoms with Crippen LogP contribution in [0.5, 0.6) is 5.75 Å². The molecule has 0 aliphatic rings. The van der Waals surface area contributed by atoms with Crippen LogP contribution in [-0.4, -0.2) is 12.4 Å². The summed E-state index contributed by atoms with van der Waals surface area (Å²) in [6, 6.07) is 6.17. The van der Waals surface area contributed by atoms with Crippen LogP contribution in [0.15, 0.2) is 40.2 Å².